The van der Waals surface area contributed by atoms with Crippen LogP contribution in [-0.2, 0) is 27.7 Å². The third-order valence-corrected chi connectivity index (χ3v) is 6.69. The molecule has 0 saturated heterocycles. The van der Waals surface area contributed by atoms with Gasteiger partial charge < -0.3 is 15.2 Å². The van der Waals surface area contributed by atoms with Crippen LogP contribution in [0.4, 0.5) is 5.69 Å². The summed E-state index contributed by atoms with van der Waals surface area (Å²) in [5.41, 5.74) is 4.79. The van der Waals surface area contributed by atoms with Gasteiger partial charge in [-0.1, -0.05) is 38.5 Å². The van der Waals surface area contributed by atoms with Crippen LogP contribution in [0.25, 0.3) is 0 Å². The van der Waals surface area contributed by atoms with Crippen molar-refractivity contribution in [3.63, 3.8) is 0 Å². The highest BCUT2D eigenvalue weighted by molar-refractivity contribution is 7.79. The molecule has 6 nitrogen and oxygen atoms in total. The molecule has 1 amide bonds. The molecule has 1 aromatic heterocycles. The molecule has 4 atom stereocenters. The minimum atomic E-state index is -2.14. The summed E-state index contributed by atoms with van der Waals surface area (Å²) in [6.45, 7) is 8.20. The second-order valence-electron chi connectivity index (χ2n) is 8.75. The van der Waals surface area contributed by atoms with Gasteiger partial charge in [0, 0.05) is 28.9 Å². The van der Waals surface area contributed by atoms with Gasteiger partial charge in [-0.05, 0) is 73.0 Å². The first kappa shape index (κ1) is 23.4. The summed E-state index contributed by atoms with van der Waals surface area (Å²) in [5, 5.41) is 6.03. The standard InChI is InChI=1S/C24H33N3O3S/c1-5-6-7-20-10-9-19(14-25-20)24(4)13-21(24)23(28)27-17(3)18-8-11-22(16(2)12-18)26-15-31(29)30/h8-12,14,17,21,26H,5-7,13,15H2,1-4H3,(H,27,28)(H,29,30)/p-1/t17-,21?,24?/m1/s1. The zero-order valence-corrected chi connectivity index (χ0v) is 19.6. The molecule has 0 aliphatic heterocycles. The van der Waals surface area contributed by atoms with Gasteiger partial charge in [-0.25, -0.2) is 0 Å². The smallest absolute Gasteiger partial charge is 0.224 e. The van der Waals surface area contributed by atoms with Crippen molar-refractivity contribution >= 4 is 22.7 Å². The average molecular weight is 443 g/mol. The van der Waals surface area contributed by atoms with Gasteiger partial charge in [0.1, 0.15) is 0 Å². The molecule has 0 bridgehead atoms. The number of aryl methyl sites for hydroxylation is 2. The van der Waals surface area contributed by atoms with Gasteiger partial charge in [-0.2, -0.15) is 0 Å². The number of anilines is 1. The van der Waals surface area contributed by atoms with E-state index in [0.717, 1.165) is 53.8 Å². The number of amides is 1. The summed E-state index contributed by atoms with van der Waals surface area (Å²) in [7, 11) is 0. The van der Waals surface area contributed by atoms with E-state index < -0.39 is 11.1 Å². The molecule has 2 N–H and O–H groups in total. The number of hydrogen-bond acceptors (Lipinski definition) is 5. The molecule has 1 heterocycles. The second kappa shape index (κ2) is 9.92. The lowest BCUT2D eigenvalue weighted by Gasteiger charge is -2.18. The predicted octanol–water partition coefficient (Wildman–Crippen LogP) is 4.14. The molecule has 1 aliphatic rings. The molecule has 1 fully saturated rings. The van der Waals surface area contributed by atoms with Crippen LogP contribution < -0.4 is 10.6 Å². The number of pyridine rings is 1. The summed E-state index contributed by atoms with van der Waals surface area (Å²) >= 11 is -2.14. The summed E-state index contributed by atoms with van der Waals surface area (Å²) in [5.74, 6) is -0.111. The molecule has 3 unspecified atom stereocenters. The number of nitrogens with one attached hydrogen (secondary N) is 2. The highest BCUT2D eigenvalue weighted by Crippen LogP contribution is 2.54. The Bertz CT molecular complexity index is 948. The Hall–Kier alpha value is -2.25. The van der Waals surface area contributed by atoms with Crippen LogP contribution >= 0.6 is 0 Å². The molecule has 0 spiro atoms. The van der Waals surface area contributed by atoms with Crippen molar-refractivity contribution in [2.75, 3.05) is 11.2 Å². The normalized spacial score (nSPS) is 21.9. The van der Waals surface area contributed by atoms with Crippen LogP contribution in [0.3, 0.4) is 0 Å². The van der Waals surface area contributed by atoms with Gasteiger partial charge in [-0.3, -0.25) is 14.0 Å². The minimum absolute atomic E-state index is 0.0488. The van der Waals surface area contributed by atoms with Crippen LogP contribution in [0.15, 0.2) is 36.5 Å². The third kappa shape index (κ3) is 5.71. The Kier molecular flexibility index (Phi) is 7.49. The lowest BCUT2D eigenvalue weighted by atomic mass is 9.96. The van der Waals surface area contributed by atoms with Gasteiger partial charge in [0.25, 0.3) is 0 Å². The first-order chi connectivity index (χ1) is 14.7. The highest BCUT2D eigenvalue weighted by Gasteiger charge is 2.55. The molecule has 3 rings (SSSR count). The lowest BCUT2D eigenvalue weighted by molar-refractivity contribution is -0.123. The Balaban J connectivity index is 1.59. The monoisotopic (exact) mass is 442 g/mol. The first-order valence-corrected chi connectivity index (χ1v) is 12.1. The fourth-order valence-electron chi connectivity index (χ4n) is 4.02. The molecule has 2 aromatic rings. The van der Waals surface area contributed by atoms with Crippen molar-refractivity contribution < 1.29 is 13.6 Å². The van der Waals surface area contributed by atoms with E-state index in [2.05, 4.69) is 41.6 Å². The number of unbranched alkanes of at least 4 members (excludes halogenated alkanes) is 1. The molecule has 1 aliphatic carbocycles. The van der Waals surface area contributed by atoms with Crippen molar-refractivity contribution in [1.82, 2.24) is 10.3 Å². The molecule has 1 saturated carbocycles. The topological polar surface area (TPSA) is 94.2 Å². The largest absolute Gasteiger partial charge is 0.771 e. The lowest BCUT2D eigenvalue weighted by Crippen LogP contribution is -2.30. The zero-order valence-electron chi connectivity index (χ0n) is 18.7. The van der Waals surface area contributed by atoms with E-state index in [4.69, 9.17) is 0 Å². The Morgan fingerprint density at radius 1 is 1.35 bits per heavy atom. The first-order valence-electron chi connectivity index (χ1n) is 10.9. The Morgan fingerprint density at radius 3 is 2.74 bits per heavy atom. The van der Waals surface area contributed by atoms with E-state index in [-0.39, 0.29) is 29.2 Å². The van der Waals surface area contributed by atoms with Gasteiger partial charge in [0.05, 0.1) is 11.9 Å². The molecule has 7 heteroatoms. The van der Waals surface area contributed by atoms with Crippen molar-refractivity contribution in [1.29, 1.82) is 0 Å². The maximum Gasteiger partial charge on any atom is 0.224 e. The van der Waals surface area contributed by atoms with Crippen LogP contribution in [0.1, 0.15) is 68.5 Å². The number of rotatable bonds is 10. The number of nitrogens with zero attached hydrogens (tertiary/aromatic N) is 1. The van der Waals surface area contributed by atoms with Gasteiger partial charge in [0.2, 0.25) is 5.91 Å². The van der Waals surface area contributed by atoms with Crippen molar-refractivity contribution in [3.05, 3.63) is 58.9 Å². The van der Waals surface area contributed by atoms with E-state index in [1.54, 1.807) is 0 Å². The number of carbonyl (C=O) groups excluding carboxylic acids is 1. The molecule has 168 valence electrons. The number of carbonyl (C=O) groups is 1. The summed E-state index contributed by atoms with van der Waals surface area (Å²) in [4.78, 5) is 17.5. The summed E-state index contributed by atoms with van der Waals surface area (Å²) < 4.78 is 21.5. The Labute approximate surface area is 187 Å². The van der Waals surface area contributed by atoms with Gasteiger partial charge >= 0.3 is 0 Å². The average Bonchev–Trinajstić information content (AvgIpc) is 3.44. The number of hydrogen-bond donors (Lipinski definition) is 2. The highest BCUT2D eigenvalue weighted by atomic mass is 32.2. The van der Waals surface area contributed by atoms with E-state index in [9.17, 15) is 13.6 Å². The van der Waals surface area contributed by atoms with Crippen LogP contribution in [0.5, 0.6) is 0 Å². The summed E-state index contributed by atoms with van der Waals surface area (Å²) in [6, 6.07) is 9.83. The fraction of sp³-hybridized carbons (Fsp3) is 0.500. The Morgan fingerprint density at radius 2 is 2.13 bits per heavy atom. The maximum absolute atomic E-state index is 12.9. The van der Waals surface area contributed by atoms with Crippen LogP contribution in [-0.4, -0.2) is 25.5 Å². The van der Waals surface area contributed by atoms with Crippen LogP contribution in [0, 0.1) is 12.8 Å². The zero-order chi connectivity index (χ0) is 22.6. The maximum atomic E-state index is 12.9. The predicted molar refractivity (Wildman–Crippen MR) is 123 cm³/mol. The van der Waals surface area contributed by atoms with Gasteiger partial charge in [-0.15, -0.1) is 0 Å². The number of benzene rings is 1. The van der Waals surface area contributed by atoms with Crippen molar-refractivity contribution in [2.45, 2.75) is 64.8 Å². The van der Waals surface area contributed by atoms with E-state index in [1.165, 1.54) is 0 Å². The van der Waals surface area contributed by atoms with Gasteiger partial charge in [0.15, 0.2) is 0 Å². The summed E-state index contributed by atoms with van der Waals surface area (Å²) in [6.07, 6.45) is 6.06. The van der Waals surface area contributed by atoms with E-state index in [0.29, 0.717) is 0 Å². The van der Waals surface area contributed by atoms with Crippen LogP contribution in [0.2, 0.25) is 0 Å². The quantitative estimate of drug-likeness (QED) is 0.540. The van der Waals surface area contributed by atoms with Crippen molar-refractivity contribution in [3.8, 4) is 0 Å². The van der Waals surface area contributed by atoms with Crippen molar-refractivity contribution in [2.24, 2.45) is 5.92 Å². The molecule has 1 aromatic carbocycles. The third-order valence-electron chi connectivity index (χ3n) is 6.31. The minimum Gasteiger partial charge on any atom is -0.771 e. The fourth-order valence-corrected chi connectivity index (χ4v) is 4.30. The van der Waals surface area contributed by atoms with E-state index >= 15 is 0 Å². The SMILES string of the molecule is CCCCc1ccc(C2(C)CC2C(=O)N[C@H](C)c2ccc(NCS(=O)[O-])c(C)c2)cn1. The molecule has 0 radical (unpaired) electrons. The second-order valence-corrected chi connectivity index (χ2v) is 9.64. The number of aromatic nitrogens is 1. The molecule has 31 heavy (non-hydrogen) atoms. The molecular formula is C24H32N3O3S-. The molecular weight excluding hydrogens is 410 g/mol. The van der Waals surface area contributed by atoms with E-state index in [1.807, 2.05) is 38.2 Å².